The average Bonchev–Trinajstić information content (AvgIpc) is 3.04. The smallest absolute Gasteiger partial charge is 0.259 e. The Kier molecular flexibility index (Phi) is 6.79. The summed E-state index contributed by atoms with van der Waals surface area (Å²) in [6, 6.07) is 5.07. The number of fused-ring (bicyclic) bond motifs is 1. The monoisotopic (exact) mass is 419 g/mol. The van der Waals surface area contributed by atoms with E-state index < -0.39 is 0 Å². The first-order valence-corrected chi connectivity index (χ1v) is 10.2. The first-order valence-electron chi connectivity index (χ1n) is 9.78. The Morgan fingerprint density at radius 3 is 2.59 bits per heavy atom. The molecule has 0 spiro atoms. The summed E-state index contributed by atoms with van der Waals surface area (Å²) in [7, 11) is 1.76. The van der Waals surface area contributed by atoms with Crippen molar-refractivity contribution in [1.29, 1.82) is 0 Å². The van der Waals surface area contributed by atoms with Crippen LogP contribution in [0.3, 0.4) is 0 Å². The van der Waals surface area contributed by atoms with E-state index in [1.807, 2.05) is 4.90 Å². The molecule has 2 heterocycles. The number of amides is 2. The van der Waals surface area contributed by atoms with Crippen LogP contribution in [0, 0.1) is 13.8 Å². The minimum Gasteiger partial charge on any atom is -0.493 e. The predicted octanol–water partition coefficient (Wildman–Crippen LogP) is 3.72. The second-order valence-electron chi connectivity index (χ2n) is 7.27. The van der Waals surface area contributed by atoms with Crippen LogP contribution in [0.25, 0.3) is 0 Å². The van der Waals surface area contributed by atoms with Crippen molar-refractivity contribution in [2.24, 2.45) is 0 Å². The number of aryl methyl sites for hydroxylation is 2. The van der Waals surface area contributed by atoms with Crippen molar-refractivity contribution >= 4 is 23.4 Å². The van der Waals surface area contributed by atoms with Crippen LogP contribution >= 0.6 is 11.6 Å². The molecule has 0 bridgehead atoms. The first-order chi connectivity index (χ1) is 13.9. The number of carbonyl (C=O) groups is 2. The highest BCUT2D eigenvalue weighted by Crippen LogP contribution is 2.25. The van der Waals surface area contributed by atoms with Crippen LogP contribution in [0.4, 0.5) is 0 Å². The van der Waals surface area contributed by atoms with E-state index in [2.05, 4.69) is 5.16 Å². The van der Waals surface area contributed by atoms with E-state index in [-0.39, 0.29) is 11.8 Å². The van der Waals surface area contributed by atoms with E-state index in [0.717, 1.165) is 12.8 Å². The second kappa shape index (κ2) is 9.31. The molecule has 29 heavy (non-hydrogen) atoms. The van der Waals surface area contributed by atoms with Crippen molar-refractivity contribution in [3.63, 3.8) is 0 Å². The van der Waals surface area contributed by atoms with Gasteiger partial charge in [-0.05, 0) is 51.3 Å². The highest BCUT2D eigenvalue weighted by Gasteiger charge is 2.24. The van der Waals surface area contributed by atoms with Crippen LogP contribution in [0.15, 0.2) is 22.7 Å². The molecular weight excluding hydrogens is 394 g/mol. The fraction of sp³-hybridized carbons (Fsp3) is 0.476. The molecule has 1 aliphatic heterocycles. The number of hydrogen-bond donors (Lipinski definition) is 0. The van der Waals surface area contributed by atoms with E-state index in [1.165, 1.54) is 0 Å². The molecule has 0 N–H and O–H groups in total. The molecule has 3 rings (SSSR count). The van der Waals surface area contributed by atoms with E-state index in [0.29, 0.717) is 66.0 Å². The molecule has 2 aromatic rings. The molecule has 0 atom stereocenters. The summed E-state index contributed by atoms with van der Waals surface area (Å²) in [6.45, 7) is 5.64. The topological polar surface area (TPSA) is 75.9 Å². The predicted molar refractivity (Wildman–Crippen MR) is 110 cm³/mol. The van der Waals surface area contributed by atoms with Gasteiger partial charge in [-0.15, -0.1) is 0 Å². The second-order valence-corrected chi connectivity index (χ2v) is 7.70. The number of rotatable bonds is 1. The molecule has 7 nitrogen and oxygen atoms in total. The Morgan fingerprint density at radius 1 is 1.14 bits per heavy atom. The number of halogens is 1. The summed E-state index contributed by atoms with van der Waals surface area (Å²) >= 11 is 6.09. The third-order valence-corrected chi connectivity index (χ3v) is 5.29. The molecule has 0 saturated carbocycles. The summed E-state index contributed by atoms with van der Waals surface area (Å²) in [4.78, 5) is 29.3. The van der Waals surface area contributed by atoms with Gasteiger partial charge in [0.05, 0.1) is 17.9 Å². The van der Waals surface area contributed by atoms with E-state index >= 15 is 0 Å². The molecule has 8 heteroatoms. The Bertz CT molecular complexity index is 877. The standard InChI is InChI=1S/C21H26ClN3O4/c1-14-19(15(2)29-23-14)21(27)25-10-5-4-9-24(3)20(26)17-13-16(22)7-8-18(17)28-12-6-11-25/h7-8,13H,4-6,9-12H2,1-3H3. The van der Waals surface area contributed by atoms with Crippen LogP contribution in [0.1, 0.15) is 51.4 Å². The SMILES string of the molecule is Cc1noc(C)c1C(=O)N1CCCCN(C)C(=O)c2cc(Cl)ccc2OCCC1. The number of aromatic nitrogens is 1. The number of hydrogen-bond acceptors (Lipinski definition) is 5. The van der Waals surface area contributed by atoms with E-state index in [9.17, 15) is 9.59 Å². The van der Waals surface area contributed by atoms with Crippen LogP contribution in [-0.2, 0) is 0 Å². The first kappa shape index (κ1) is 21.2. The number of ether oxygens (including phenoxy) is 1. The zero-order chi connectivity index (χ0) is 21.0. The molecule has 1 aromatic carbocycles. The molecule has 156 valence electrons. The van der Waals surface area contributed by atoms with E-state index in [4.69, 9.17) is 20.9 Å². The fourth-order valence-corrected chi connectivity index (χ4v) is 3.62. The third kappa shape index (κ3) is 4.90. The van der Waals surface area contributed by atoms with Gasteiger partial charge in [0.2, 0.25) is 0 Å². The highest BCUT2D eigenvalue weighted by atomic mass is 35.5. The third-order valence-electron chi connectivity index (χ3n) is 5.05. The van der Waals surface area contributed by atoms with Crippen molar-refractivity contribution in [3.05, 3.63) is 45.8 Å². The molecular formula is C21H26ClN3O4. The van der Waals surface area contributed by atoms with Gasteiger partial charge >= 0.3 is 0 Å². The molecule has 1 aliphatic rings. The van der Waals surface area contributed by atoms with Gasteiger partial charge < -0.3 is 19.1 Å². The maximum atomic E-state index is 13.0. The lowest BCUT2D eigenvalue weighted by atomic mass is 10.1. The van der Waals surface area contributed by atoms with Crippen molar-refractivity contribution < 1.29 is 18.8 Å². The largest absolute Gasteiger partial charge is 0.493 e. The maximum Gasteiger partial charge on any atom is 0.259 e. The summed E-state index contributed by atoms with van der Waals surface area (Å²) in [5.74, 6) is 0.843. The maximum absolute atomic E-state index is 13.0. The van der Waals surface area contributed by atoms with Gasteiger partial charge in [-0.3, -0.25) is 9.59 Å². The van der Waals surface area contributed by atoms with Crippen molar-refractivity contribution in [2.45, 2.75) is 33.1 Å². The van der Waals surface area contributed by atoms with Crippen molar-refractivity contribution in [1.82, 2.24) is 15.0 Å². The molecule has 2 amide bonds. The zero-order valence-corrected chi connectivity index (χ0v) is 17.8. The molecule has 0 radical (unpaired) electrons. The minimum atomic E-state index is -0.120. The van der Waals surface area contributed by atoms with Crippen molar-refractivity contribution in [2.75, 3.05) is 33.3 Å². The Balaban J connectivity index is 1.78. The normalized spacial score (nSPS) is 16.3. The van der Waals surface area contributed by atoms with Crippen molar-refractivity contribution in [3.8, 4) is 5.75 Å². The van der Waals surface area contributed by atoms with Crippen LogP contribution in [-0.4, -0.2) is 60.1 Å². The number of benzene rings is 1. The Labute approximate surface area is 175 Å². The summed E-state index contributed by atoms with van der Waals surface area (Å²) in [6.07, 6.45) is 2.21. The molecule has 0 fully saturated rings. The zero-order valence-electron chi connectivity index (χ0n) is 17.0. The van der Waals surface area contributed by atoms with Gasteiger partial charge in [0.1, 0.15) is 17.1 Å². The summed E-state index contributed by atoms with van der Waals surface area (Å²) < 4.78 is 11.0. The lowest BCUT2D eigenvalue weighted by Crippen LogP contribution is -2.34. The molecule has 1 aromatic heterocycles. The van der Waals surface area contributed by atoms with Crippen LogP contribution in [0.2, 0.25) is 5.02 Å². The number of carbonyl (C=O) groups excluding carboxylic acids is 2. The molecule has 0 aliphatic carbocycles. The van der Waals surface area contributed by atoms with Gasteiger partial charge in [-0.2, -0.15) is 0 Å². The summed E-state index contributed by atoms with van der Waals surface area (Å²) in [5, 5.41) is 4.39. The Morgan fingerprint density at radius 2 is 1.86 bits per heavy atom. The van der Waals surface area contributed by atoms with Gasteiger partial charge in [0, 0.05) is 31.7 Å². The van der Waals surface area contributed by atoms with Gasteiger partial charge in [-0.1, -0.05) is 16.8 Å². The van der Waals surface area contributed by atoms with Gasteiger partial charge in [0.15, 0.2) is 0 Å². The molecule has 0 unspecified atom stereocenters. The lowest BCUT2D eigenvalue weighted by Gasteiger charge is -2.23. The number of nitrogens with zero attached hydrogens (tertiary/aromatic N) is 3. The summed E-state index contributed by atoms with van der Waals surface area (Å²) in [5.41, 5.74) is 1.59. The fourth-order valence-electron chi connectivity index (χ4n) is 3.45. The van der Waals surface area contributed by atoms with E-state index in [1.54, 1.807) is 44.0 Å². The molecule has 0 saturated heterocycles. The van der Waals surface area contributed by atoms with Crippen LogP contribution in [0.5, 0.6) is 5.75 Å². The van der Waals surface area contributed by atoms with Gasteiger partial charge in [-0.25, -0.2) is 0 Å². The van der Waals surface area contributed by atoms with Crippen LogP contribution < -0.4 is 4.74 Å². The highest BCUT2D eigenvalue weighted by molar-refractivity contribution is 6.31. The lowest BCUT2D eigenvalue weighted by molar-refractivity contribution is 0.0733. The minimum absolute atomic E-state index is 0.0762. The van der Waals surface area contributed by atoms with Gasteiger partial charge in [0.25, 0.3) is 11.8 Å². The quantitative estimate of drug-likeness (QED) is 0.704. The average molecular weight is 420 g/mol. The Hall–Kier alpha value is -2.54.